The lowest BCUT2D eigenvalue weighted by Crippen LogP contribution is -2.11. The topological polar surface area (TPSA) is 167 Å². The third kappa shape index (κ3) is 58.4. The molecule has 0 saturated carbocycles. The van der Waals surface area contributed by atoms with Crippen molar-refractivity contribution in [2.45, 2.75) is 96.8 Å². The van der Waals surface area contributed by atoms with E-state index in [1.54, 1.807) is 0 Å². The van der Waals surface area contributed by atoms with E-state index in [1.165, 1.54) is 70.6 Å². The van der Waals surface area contributed by atoms with Crippen LogP contribution in [0, 0.1) is 0 Å². The van der Waals surface area contributed by atoms with E-state index in [9.17, 15) is 4.79 Å². The average Bonchev–Trinajstić information content (AvgIpc) is 2.63. The van der Waals surface area contributed by atoms with Gasteiger partial charge in [-0.1, -0.05) is 70.4 Å². The van der Waals surface area contributed by atoms with Crippen molar-refractivity contribution < 1.29 is 29.1 Å². The van der Waals surface area contributed by atoms with Gasteiger partial charge in [-0.25, -0.2) is 4.57 Å². The van der Waals surface area contributed by atoms with Crippen molar-refractivity contribution in [3.63, 3.8) is 0 Å². The highest BCUT2D eigenvalue weighted by Gasteiger charge is 2.00. The highest BCUT2D eigenvalue weighted by Crippen LogP contribution is 2.25. The molecule has 29 heavy (non-hydrogen) atoms. The summed E-state index contributed by atoms with van der Waals surface area (Å²) >= 11 is 0. The minimum Gasteiger partial charge on any atom is -0.481 e. The van der Waals surface area contributed by atoms with Crippen LogP contribution >= 0.6 is 7.82 Å². The Balaban J connectivity index is -0.000000623. The summed E-state index contributed by atoms with van der Waals surface area (Å²) in [4.78, 5) is 31.9. The van der Waals surface area contributed by atoms with E-state index in [0.29, 0.717) is 19.5 Å². The highest BCUT2D eigenvalue weighted by molar-refractivity contribution is 7.45. The van der Waals surface area contributed by atoms with Crippen molar-refractivity contribution in [2.75, 3.05) is 13.1 Å². The molecule has 8 nitrogen and oxygen atoms in total. The SMILES string of the molecule is CCCCCCCC/C=C\CCCCCCCC(=O)O.NCCN.O=P(O)(O)O. The van der Waals surface area contributed by atoms with Crippen LogP contribution in [-0.2, 0) is 9.36 Å². The Bertz CT molecular complexity index is 392. The number of unbranched alkanes of at least 4 members (excludes halogenated alkanes) is 11. The second kappa shape index (κ2) is 27.2. The maximum Gasteiger partial charge on any atom is 0.466 e. The Morgan fingerprint density at radius 1 is 0.759 bits per heavy atom. The van der Waals surface area contributed by atoms with Crippen LogP contribution in [0.2, 0.25) is 0 Å². The van der Waals surface area contributed by atoms with Crippen molar-refractivity contribution in [3.8, 4) is 0 Å². The number of aliphatic carboxylic acids is 1. The predicted octanol–water partition coefficient (Wildman–Crippen LogP) is 4.08. The molecule has 0 spiro atoms. The number of nitrogens with two attached hydrogens (primary N) is 2. The van der Waals surface area contributed by atoms with Crippen LogP contribution in [0.4, 0.5) is 0 Å². The third-order valence-corrected chi connectivity index (χ3v) is 3.82. The fourth-order valence-corrected chi connectivity index (χ4v) is 2.35. The Hall–Kier alpha value is -0.760. The van der Waals surface area contributed by atoms with Gasteiger partial charge in [-0.3, -0.25) is 4.79 Å². The van der Waals surface area contributed by atoms with Gasteiger partial charge in [0.15, 0.2) is 0 Å². The smallest absolute Gasteiger partial charge is 0.466 e. The Morgan fingerprint density at radius 3 is 1.45 bits per heavy atom. The molecule has 0 aromatic carbocycles. The lowest BCUT2D eigenvalue weighted by Gasteiger charge is -1.99. The monoisotopic (exact) mass is 440 g/mol. The molecule has 0 aliphatic rings. The molecule has 9 heteroatoms. The van der Waals surface area contributed by atoms with Crippen molar-refractivity contribution >= 4 is 13.8 Å². The summed E-state index contributed by atoms with van der Waals surface area (Å²) < 4.78 is 8.88. The predicted molar refractivity (Wildman–Crippen MR) is 119 cm³/mol. The normalized spacial score (nSPS) is 10.8. The minimum atomic E-state index is -4.64. The largest absolute Gasteiger partial charge is 0.481 e. The molecule has 0 aliphatic heterocycles. The van der Waals surface area contributed by atoms with Crippen LogP contribution in [0.5, 0.6) is 0 Å². The summed E-state index contributed by atoms with van der Waals surface area (Å²) in [5.41, 5.74) is 9.81. The zero-order valence-corrected chi connectivity index (χ0v) is 19.1. The van der Waals surface area contributed by atoms with Crippen LogP contribution < -0.4 is 11.5 Å². The van der Waals surface area contributed by atoms with Gasteiger partial charge in [0.2, 0.25) is 0 Å². The molecule has 0 unspecified atom stereocenters. The first-order valence-corrected chi connectivity index (χ1v) is 12.3. The minimum absolute atomic E-state index is 0.332. The van der Waals surface area contributed by atoms with Gasteiger partial charge in [-0.15, -0.1) is 0 Å². The Labute approximate surface area is 177 Å². The third-order valence-electron chi connectivity index (χ3n) is 3.82. The summed E-state index contributed by atoms with van der Waals surface area (Å²) in [6.45, 7) is 3.45. The quantitative estimate of drug-likeness (QED) is 0.118. The van der Waals surface area contributed by atoms with E-state index >= 15 is 0 Å². The standard InChI is InChI=1S/C18H34O2.C2H8N2.H3O4P/c1-2-3-4-5-6-7-8-9-10-11-12-13-14-15-16-17-18(19)20;3-1-2-4;1-5(2,3)4/h9-10H,2-8,11-17H2,1H3,(H,19,20);1-4H2;(H3,1,2,3,4)/b10-9-;;. The summed E-state index contributed by atoms with van der Waals surface area (Å²) in [5.74, 6) is -0.664. The van der Waals surface area contributed by atoms with Gasteiger partial charge in [0.25, 0.3) is 0 Å². The average molecular weight is 441 g/mol. The number of phosphoric acid groups is 1. The van der Waals surface area contributed by atoms with Gasteiger partial charge >= 0.3 is 13.8 Å². The molecule has 0 saturated heterocycles. The first-order chi connectivity index (χ1) is 13.7. The Kier molecular flexibility index (Phi) is 30.9. The van der Waals surface area contributed by atoms with Crippen molar-refractivity contribution in [2.24, 2.45) is 11.5 Å². The maximum atomic E-state index is 10.3. The molecule has 8 N–H and O–H groups in total. The number of carbonyl (C=O) groups is 1. The number of carboxylic acids is 1. The number of rotatable bonds is 16. The maximum absolute atomic E-state index is 10.3. The second-order valence-electron chi connectivity index (χ2n) is 6.82. The van der Waals surface area contributed by atoms with Crippen LogP contribution in [0.3, 0.4) is 0 Å². The molecule has 0 bridgehead atoms. The summed E-state index contributed by atoms with van der Waals surface area (Å²) in [6, 6.07) is 0. The van der Waals surface area contributed by atoms with Gasteiger partial charge in [0, 0.05) is 19.5 Å². The number of allylic oxidation sites excluding steroid dienone is 2. The Morgan fingerprint density at radius 2 is 1.10 bits per heavy atom. The van der Waals surface area contributed by atoms with Crippen molar-refractivity contribution in [1.82, 2.24) is 0 Å². The number of carboxylic acid groups (broad SMARTS) is 1. The molecule has 0 aromatic rings. The lowest BCUT2D eigenvalue weighted by molar-refractivity contribution is -0.137. The molecule has 0 amide bonds. The first-order valence-electron chi connectivity index (χ1n) is 10.7. The summed E-state index contributed by atoms with van der Waals surface area (Å²) in [6.07, 6.45) is 21.2. The molecule has 0 aromatic heterocycles. The van der Waals surface area contributed by atoms with Crippen molar-refractivity contribution in [3.05, 3.63) is 12.2 Å². The van der Waals surface area contributed by atoms with Crippen molar-refractivity contribution in [1.29, 1.82) is 0 Å². The number of hydrogen-bond acceptors (Lipinski definition) is 4. The zero-order valence-electron chi connectivity index (χ0n) is 18.2. The van der Waals surface area contributed by atoms with Crippen LogP contribution in [-0.4, -0.2) is 38.8 Å². The van der Waals surface area contributed by atoms with E-state index in [4.69, 9.17) is 35.8 Å². The van der Waals surface area contributed by atoms with Crippen LogP contribution in [0.15, 0.2) is 12.2 Å². The van der Waals surface area contributed by atoms with Gasteiger partial charge in [0.05, 0.1) is 0 Å². The molecular formula is C20H45N2O6P. The van der Waals surface area contributed by atoms with Gasteiger partial charge in [-0.2, -0.15) is 0 Å². The molecular weight excluding hydrogens is 395 g/mol. The van der Waals surface area contributed by atoms with Crippen LogP contribution in [0.1, 0.15) is 96.8 Å². The van der Waals surface area contributed by atoms with E-state index in [-0.39, 0.29) is 0 Å². The summed E-state index contributed by atoms with van der Waals surface area (Å²) in [5, 5.41) is 8.51. The van der Waals surface area contributed by atoms with E-state index < -0.39 is 13.8 Å². The van der Waals surface area contributed by atoms with Crippen LogP contribution in [0.25, 0.3) is 0 Å². The molecule has 0 heterocycles. The van der Waals surface area contributed by atoms with Gasteiger partial charge in [-0.05, 0) is 32.1 Å². The summed E-state index contributed by atoms with van der Waals surface area (Å²) in [7, 11) is -4.64. The highest BCUT2D eigenvalue weighted by atomic mass is 31.2. The molecule has 0 atom stereocenters. The van der Waals surface area contributed by atoms with E-state index in [1.807, 2.05) is 0 Å². The first kappa shape index (κ1) is 32.9. The fourth-order valence-electron chi connectivity index (χ4n) is 2.35. The zero-order chi connectivity index (χ0) is 22.8. The second-order valence-corrected chi connectivity index (χ2v) is 7.85. The molecule has 176 valence electrons. The molecule has 0 radical (unpaired) electrons. The van der Waals surface area contributed by atoms with Gasteiger partial charge < -0.3 is 31.3 Å². The van der Waals surface area contributed by atoms with E-state index in [0.717, 1.165) is 12.8 Å². The molecule has 0 fully saturated rings. The fraction of sp³-hybridized carbons (Fsp3) is 0.850. The molecule has 0 rings (SSSR count). The number of hydrogen-bond donors (Lipinski definition) is 6. The lowest BCUT2D eigenvalue weighted by atomic mass is 10.1. The van der Waals surface area contributed by atoms with E-state index in [2.05, 4.69) is 19.1 Å². The van der Waals surface area contributed by atoms with Gasteiger partial charge in [0.1, 0.15) is 0 Å². The molecule has 0 aliphatic carbocycles.